The van der Waals surface area contributed by atoms with Gasteiger partial charge in [0.05, 0.1) is 10.0 Å². The van der Waals surface area contributed by atoms with Gasteiger partial charge in [0.25, 0.3) is 0 Å². The van der Waals surface area contributed by atoms with Gasteiger partial charge in [-0.3, -0.25) is 0 Å². The van der Waals surface area contributed by atoms with E-state index >= 15 is 0 Å². The minimum absolute atomic E-state index is 0.0267. The first-order valence-electron chi connectivity index (χ1n) is 4.72. The molecule has 0 saturated carbocycles. The van der Waals surface area contributed by atoms with Gasteiger partial charge in [-0.05, 0) is 24.0 Å². The van der Waals surface area contributed by atoms with Crippen molar-refractivity contribution >= 4 is 23.2 Å². The quantitative estimate of drug-likeness (QED) is 0.836. The number of nitrogens with two attached hydrogens (primary N) is 1. The molecule has 0 spiro atoms. The van der Waals surface area contributed by atoms with Gasteiger partial charge in [0.15, 0.2) is 0 Å². The maximum absolute atomic E-state index is 6.06. The summed E-state index contributed by atoms with van der Waals surface area (Å²) in [5.74, 6) is 0.556. The van der Waals surface area contributed by atoms with Gasteiger partial charge in [-0.25, -0.2) is 0 Å². The topological polar surface area (TPSA) is 26.0 Å². The van der Waals surface area contributed by atoms with E-state index in [4.69, 9.17) is 28.9 Å². The maximum atomic E-state index is 6.06. The zero-order chi connectivity index (χ0) is 10.7. The van der Waals surface area contributed by atoms with Crippen molar-refractivity contribution < 1.29 is 0 Å². The summed E-state index contributed by atoms with van der Waals surface area (Å²) in [7, 11) is 0. The number of halogens is 2. The van der Waals surface area contributed by atoms with Gasteiger partial charge >= 0.3 is 0 Å². The Morgan fingerprint density at radius 2 is 1.93 bits per heavy atom. The van der Waals surface area contributed by atoms with E-state index in [1.807, 2.05) is 12.1 Å². The molecule has 0 heterocycles. The van der Waals surface area contributed by atoms with Crippen molar-refractivity contribution in [3.63, 3.8) is 0 Å². The molecule has 0 unspecified atom stereocenters. The second-order valence-electron chi connectivity index (χ2n) is 3.88. The van der Waals surface area contributed by atoms with Gasteiger partial charge < -0.3 is 5.73 Å². The SMILES string of the molecule is CC(C)C[C@H](N)c1cccc(Cl)c1Cl. The fourth-order valence-electron chi connectivity index (χ4n) is 1.44. The van der Waals surface area contributed by atoms with E-state index in [0.29, 0.717) is 16.0 Å². The van der Waals surface area contributed by atoms with E-state index in [0.717, 1.165) is 12.0 Å². The van der Waals surface area contributed by atoms with Crippen molar-refractivity contribution in [2.75, 3.05) is 0 Å². The van der Waals surface area contributed by atoms with Crippen molar-refractivity contribution in [1.82, 2.24) is 0 Å². The number of hydrogen-bond acceptors (Lipinski definition) is 1. The molecule has 0 aromatic heterocycles. The molecule has 1 aromatic carbocycles. The summed E-state index contributed by atoms with van der Waals surface area (Å²) in [6.45, 7) is 4.27. The highest BCUT2D eigenvalue weighted by molar-refractivity contribution is 6.42. The lowest BCUT2D eigenvalue weighted by Gasteiger charge is -2.16. The Balaban J connectivity index is 2.89. The Hall–Kier alpha value is -0.240. The van der Waals surface area contributed by atoms with Crippen LogP contribution in [0, 0.1) is 5.92 Å². The highest BCUT2D eigenvalue weighted by Gasteiger charge is 2.13. The van der Waals surface area contributed by atoms with E-state index in [-0.39, 0.29) is 6.04 Å². The molecule has 1 aromatic rings. The molecule has 1 atom stereocenters. The molecule has 0 saturated heterocycles. The molecule has 0 radical (unpaired) electrons. The van der Waals surface area contributed by atoms with Gasteiger partial charge in [-0.15, -0.1) is 0 Å². The molecule has 3 heteroatoms. The molecule has 78 valence electrons. The molecular formula is C11H15Cl2N. The molecular weight excluding hydrogens is 217 g/mol. The minimum atomic E-state index is -0.0267. The van der Waals surface area contributed by atoms with Crippen LogP contribution in [0.5, 0.6) is 0 Å². The summed E-state index contributed by atoms with van der Waals surface area (Å²) in [5, 5.41) is 1.16. The molecule has 0 aliphatic carbocycles. The standard InChI is InChI=1S/C11H15Cl2N/c1-7(2)6-10(14)8-4-3-5-9(12)11(8)13/h3-5,7,10H,6,14H2,1-2H3/t10-/m0/s1. The Labute approximate surface area is 95.2 Å². The Morgan fingerprint density at radius 3 is 2.50 bits per heavy atom. The van der Waals surface area contributed by atoms with E-state index in [9.17, 15) is 0 Å². The summed E-state index contributed by atoms with van der Waals surface area (Å²) >= 11 is 12.0. The summed E-state index contributed by atoms with van der Waals surface area (Å²) < 4.78 is 0. The van der Waals surface area contributed by atoms with Gasteiger partial charge in [-0.1, -0.05) is 49.2 Å². The van der Waals surface area contributed by atoms with E-state index < -0.39 is 0 Å². The fraction of sp³-hybridized carbons (Fsp3) is 0.455. The Kier molecular flexibility index (Phi) is 4.24. The summed E-state index contributed by atoms with van der Waals surface area (Å²) in [6, 6.07) is 5.56. The van der Waals surface area contributed by atoms with Gasteiger partial charge in [-0.2, -0.15) is 0 Å². The molecule has 1 rings (SSSR count). The molecule has 0 aliphatic rings. The second kappa shape index (κ2) is 5.01. The Bertz CT molecular complexity index is 310. The number of rotatable bonds is 3. The lowest BCUT2D eigenvalue weighted by atomic mass is 9.98. The predicted octanol–water partition coefficient (Wildman–Crippen LogP) is 4.04. The third-order valence-corrected chi connectivity index (χ3v) is 2.94. The molecule has 0 fully saturated rings. The Morgan fingerprint density at radius 1 is 1.29 bits per heavy atom. The second-order valence-corrected chi connectivity index (χ2v) is 4.66. The van der Waals surface area contributed by atoms with Crippen molar-refractivity contribution in [3.05, 3.63) is 33.8 Å². The largest absolute Gasteiger partial charge is 0.324 e. The molecule has 0 bridgehead atoms. The summed E-state index contributed by atoms with van der Waals surface area (Å²) in [6.07, 6.45) is 0.917. The van der Waals surface area contributed by atoms with Gasteiger partial charge in [0.1, 0.15) is 0 Å². The molecule has 2 N–H and O–H groups in total. The normalized spacial score (nSPS) is 13.3. The minimum Gasteiger partial charge on any atom is -0.324 e. The van der Waals surface area contributed by atoms with Crippen LogP contribution in [-0.2, 0) is 0 Å². The monoisotopic (exact) mass is 231 g/mol. The van der Waals surface area contributed by atoms with Crippen LogP contribution < -0.4 is 5.73 Å². The van der Waals surface area contributed by atoms with Crippen LogP contribution in [0.2, 0.25) is 10.0 Å². The molecule has 0 amide bonds. The average molecular weight is 232 g/mol. The summed E-state index contributed by atoms with van der Waals surface area (Å²) in [4.78, 5) is 0. The summed E-state index contributed by atoms with van der Waals surface area (Å²) in [5.41, 5.74) is 6.96. The zero-order valence-corrected chi connectivity index (χ0v) is 9.94. The van der Waals surface area contributed by atoms with Crippen LogP contribution in [0.3, 0.4) is 0 Å². The first kappa shape index (κ1) is 11.8. The van der Waals surface area contributed by atoms with Gasteiger partial charge in [0, 0.05) is 6.04 Å². The van der Waals surface area contributed by atoms with Gasteiger partial charge in [0.2, 0.25) is 0 Å². The van der Waals surface area contributed by atoms with Crippen LogP contribution in [0.4, 0.5) is 0 Å². The first-order valence-corrected chi connectivity index (χ1v) is 5.47. The van der Waals surface area contributed by atoms with Crippen molar-refractivity contribution in [3.8, 4) is 0 Å². The molecule has 0 aliphatic heterocycles. The van der Waals surface area contributed by atoms with Crippen LogP contribution in [-0.4, -0.2) is 0 Å². The van der Waals surface area contributed by atoms with E-state index in [1.165, 1.54) is 0 Å². The van der Waals surface area contributed by atoms with Crippen molar-refractivity contribution in [2.45, 2.75) is 26.3 Å². The van der Waals surface area contributed by atoms with Crippen LogP contribution >= 0.6 is 23.2 Å². The number of benzene rings is 1. The maximum Gasteiger partial charge on any atom is 0.0640 e. The van der Waals surface area contributed by atoms with Crippen molar-refractivity contribution in [1.29, 1.82) is 0 Å². The highest BCUT2D eigenvalue weighted by Crippen LogP contribution is 2.31. The van der Waals surface area contributed by atoms with E-state index in [1.54, 1.807) is 6.07 Å². The third kappa shape index (κ3) is 2.88. The van der Waals surface area contributed by atoms with Crippen LogP contribution in [0.15, 0.2) is 18.2 Å². The smallest absolute Gasteiger partial charge is 0.0640 e. The lowest BCUT2D eigenvalue weighted by Crippen LogP contribution is -2.13. The lowest BCUT2D eigenvalue weighted by molar-refractivity contribution is 0.510. The first-order chi connectivity index (χ1) is 6.52. The van der Waals surface area contributed by atoms with E-state index in [2.05, 4.69) is 13.8 Å². The number of hydrogen-bond donors (Lipinski definition) is 1. The van der Waals surface area contributed by atoms with Crippen LogP contribution in [0.1, 0.15) is 31.9 Å². The molecule has 1 nitrogen and oxygen atoms in total. The molecule has 14 heavy (non-hydrogen) atoms. The van der Waals surface area contributed by atoms with Crippen molar-refractivity contribution in [2.24, 2.45) is 11.7 Å². The zero-order valence-electron chi connectivity index (χ0n) is 8.43. The fourth-order valence-corrected chi connectivity index (χ4v) is 1.89. The third-order valence-electron chi connectivity index (χ3n) is 2.11. The van der Waals surface area contributed by atoms with Crippen LogP contribution in [0.25, 0.3) is 0 Å². The average Bonchev–Trinajstić information content (AvgIpc) is 2.08. The highest BCUT2D eigenvalue weighted by atomic mass is 35.5. The predicted molar refractivity (Wildman–Crippen MR) is 62.8 cm³/mol.